The fraction of sp³-hybridized carbons (Fsp3) is 0.308. The summed E-state index contributed by atoms with van der Waals surface area (Å²) < 4.78 is 6.49. The molecule has 1 aliphatic heterocycles. The van der Waals surface area contributed by atoms with Crippen LogP contribution in [0.15, 0.2) is 60.7 Å². The van der Waals surface area contributed by atoms with Gasteiger partial charge in [0.05, 0.1) is 5.92 Å². The quantitative estimate of drug-likeness (QED) is 0.563. The van der Waals surface area contributed by atoms with Gasteiger partial charge < -0.3 is 10.1 Å². The van der Waals surface area contributed by atoms with Crippen LogP contribution < -0.4 is 10.1 Å². The molecule has 0 aromatic heterocycles. The molecule has 1 unspecified atom stereocenters. The zero-order chi connectivity index (χ0) is 19.9. The molecule has 144 valence electrons. The van der Waals surface area contributed by atoms with Crippen LogP contribution in [0.3, 0.4) is 0 Å². The predicted octanol–water partition coefficient (Wildman–Crippen LogP) is 6.53. The molecule has 2 nitrogen and oxygen atoms in total. The first-order valence-corrected chi connectivity index (χ1v) is 10.0. The molecular formula is C26H29NO. The van der Waals surface area contributed by atoms with Crippen LogP contribution in [0.1, 0.15) is 53.1 Å². The smallest absolute Gasteiger partial charge is 0.127 e. The molecule has 0 aliphatic carbocycles. The Kier molecular flexibility index (Phi) is 4.66. The molecule has 0 amide bonds. The van der Waals surface area contributed by atoms with Gasteiger partial charge in [-0.3, -0.25) is 0 Å². The number of hydrogen-bond acceptors (Lipinski definition) is 2. The second kappa shape index (κ2) is 7.01. The van der Waals surface area contributed by atoms with Gasteiger partial charge in [-0.25, -0.2) is 0 Å². The van der Waals surface area contributed by atoms with Gasteiger partial charge in [0, 0.05) is 17.8 Å². The highest BCUT2D eigenvalue weighted by Gasteiger charge is 2.43. The van der Waals surface area contributed by atoms with E-state index in [0.717, 1.165) is 12.3 Å². The first kappa shape index (κ1) is 18.6. The molecule has 0 saturated carbocycles. The minimum Gasteiger partial charge on any atom is -0.486 e. The van der Waals surface area contributed by atoms with E-state index in [2.05, 4.69) is 101 Å². The third kappa shape index (κ3) is 3.28. The van der Waals surface area contributed by atoms with E-state index >= 15 is 0 Å². The van der Waals surface area contributed by atoms with Crippen LogP contribution in [-0.2, 0) is 6.54 Å². The molecule has 28 heavy (non-hydrogen) atoms. The Balaban J connectivity index is 1.74. The van der Waals surface area contributed by atoms with Crippen molar-refractivity contribution < 1.29 is 4.74 Å². The van der Waals surface area contributed by atoms with Gasteiger partial charge in [0.1, 0.15) is 11.4 Å². The third-order valence-electron chi connectivity index (χ3n) is 5.98. The molecule has 0 fully saturated rings. The number of nitrogens with one attached hydrogen (secondary N) is 1. The van der Waals surface area contributed by atoms with Gasteiger partial charge in [-0.2, -0.15) is 0 Å². The summed E-state index contributed by atoms with van der Waals surface area (Å²) >= 11 is 0. The summed E-state index contributed by atoms with van der Waals surface area (Å²) in [6.45, 7) is 11.7. The maximum atomic E-state index is 6.49. The number of hydrogen-bond donors (Lipinski definition) is 1. The summed E-state index contributed by atoms with van der Waals surface area (Å²) in [6, 6.07) is 21.7. The lowest BCUT2D eigenvalue weighted by Gasteiger charge is -2.27. The number of anilines is 1. The fourth-order valence-corrected chi connectivity index (χ4v) is 4.28. The third-order valence-corrected chi connectivity index (χ3v) is 5.98. The highest BCUT2D eigenvalue weighted by molar-refractivity contribution is 5.66. The summed E-state index contributed by atoms with van der Waals surface area (Å²) in [4.78, 5) is 0. The maximum Gasteiger partial charge on any atom is 0.127 e. The lowest BCUT2D eigenvalue weighted by atomic mass is 9.80. The Morgan fingerprint density at radius 1 is 0.893 bits per heavy atom. The largest absolute Gasteiger partial charge is 0.486 e. The van der Waals surface area contributed by atoms with Gasteiger partial charge in [0.25, 0.3) is 0 Å². The van der Waals surface area contributed by atoms with E-state index in [0.29, 0.717) is 0 Å². The van der Waals surface area contributed by atoms with Crippen LogP contribution in [0, 0.1) is 20.8 Å². The summed E-state index contributed by atoms with van der Waals surface area (Å²) in [5, 5.41) is 3.65. The predicted molar refractivity (Wildman–Crippen MR) is 117 cm³/mol. The molecule has 1 N–H and O–H groups in total. The molecule has 2 heteroatoms. The second-order valence-corrected chi connectivity index (χ2v) is 8.48. The molecule has 0 saturated heterocycles. The molecule has 1 atom stereocenters. The molecule has 4 rings (SSSR count). The van der Waals surface area contributed by atoms with E-state index in [4.69, 9.17) is 4.74 Å². The Bertz CT molecular complexity index is 987. The molecule has 0 bridgehead atoms. The van der Waals surface area contributed by atoms with Crippen molar-refractivity contribution in [1.82, 2.24) is 0 Å². The average molecular weight is 372 g/mol. The number of rotatable bonds is 4. The SMILES string of the molecule is Cc1ccc(C2c3cc(NCc4ccccc4)c(C)c(C)c3OC2(C)C)cc1. The Labute approximate surface area is 168 Å². The molecule has 0 spiro atoms. The van der Waals surface area contributed by atoms with Gasteiger partial charge in [-0.1, -0.05) is 60.2 Å². The monoisotopic (exact) mass is 371 g/mol. The van der Waals surface area contributed by atoms with Crippen molar-refractivity contribution in [3.8, 4) is 5.75 Å². The number of fused-ring (bicyclic) bond motifs is 1. The van der Waals surface area contributed by atoms with Crippen LogP contribution in [0.2, 0.25) is 0 Å². The summed E-state index contributed by atoms with van der Waals surface area (Å²) in [5.41, 5.74) is 8.58. The topological polar surface area (TPSA) is 21.3 Å². The van der Waals surface area contributed by atoms with E-state index in [1.54, 1.807) is 0 Å². The Morgan fingerprint density at radius 3 is 2.25 bits per heavy atom. The van der Waals surface area contributed by atoms with Gasteiger partial charge in [0.15, 0.2) is 0 Å². The summed E-state index contributed by atoms with van der Waals surface area (Å²) in [5.74, 6) is 1.28. The number of aryl methyl sites for hydroxylation is 1. The Morgan fingerprint density at radius 2 is 1.57 bits per heavy atom. The second-order valence-electron chi connectivity index (χ2n) is 8.48. The molecular weight excluding hydrogens is 342 g/mol. The summed E-state index contributed by atoms with van der Waals surface area (Å²) in [6.07, 6.45) is 0. The number of ether oxygens (including phenoxy) is 1. The van der Waals surface area contributed by atoms with Crippen LogP contribution in [0.25, 0.3) is 0 Å². The minimum absolute atomic E-state index is 0.222. The minimum atomic E-state index is -0.271. The van der Waals surface area contributed by atoms with E-state index in [1.807, 2.05) is 0 Å². The van der Waals surface area contributed by atoms with E-state index in [9.17, 15) is 0 Å². The van der Waals surface area contributed by atoms with Crippen LogP contribution in [-0.4, -0.2) is 5.60 Å². The van der Waals surface area contributed by atoms with E-state index in [1.165, 1.54) is 39.1 Å². The lowest BCUT2D eigenvalue weighted by Crippen LogP contribution is -2.31. The van der Waals surface area contributed by atoms with Crippen LogP contribution >= 0.6 is 0 Å². The van der Waals surface area contributed by atoms with Crippen molar-refractivity contribution in [3.05, 3.63) is 94.0 Å². The van der Waals surface area contributed by atoms with E-state index < -0.39 is 0 Å². The van der Waals surface area contributed by atoms with Crippen molar-refractivity contribution in [1.29, 1.82) is 0 Å². The normalized spacial score (nSPS) is 17.1. The van der Waals surface area contributed by atoms with Gasteiger partial charge in [0.2, 0.25) is 0 Å². The van der Waals surface area contributed by atoms with Crippen molar-refractivity contribution in [3.63, 3.8) is 0 Å². The van der Waals surface area contributed by atoms with Crippen LogP contribution in [0.4, 0.5) is 5.69 Å². The molecule has 1 heterocycles. The Hall–Kier alpha value is -2.74. The maximum absolute atomic E-state index is 6.49. The van der Waals surface area contributed by atoms with Crippen molar-refractivity contribution in [2.45, 2.75) is 52.7 Å². The van der Waals surface area contributed by atoms with Gasteiger partial charge >= 0.3 is 0 Å². The first-order valence-electron chi connectivity index (χ1n) is 10.0. The van der Waals surface area contributed by atoms with Crippen molar-refractivity contribution in [2.75, 3.05) is 5.32 Å². The van der Waals surface area contributed by atoms with Gasteiger partial charge in [-0.05, 0) is 62.9 Å². The van der Waals surface area contributed by atoms with E-state index in [-0.39, 0.29) is 11.5 Å². The highest BCUT2D eigenvalue weighted by Crippen LogP contribution is 2.51. The zero-order valence-electron chi connectivity index (χ0n) is 17.5. The first-order chi connectivity index (χ1) is 13.4. The summed E-state index contributed by atoms with van der Waals surface area (Å²) in [7, 11) is 0. The average Bonchev–Trinajstić information content (AvgIpc) is 2.95. The van der Waals surface area contributed by atoms with Gasteiger partial charge in [-0.15, -0.1) is 0 Å². The number of benzene rings is 3. The highest BCUT2D eigenvalue weighted by atomic mass is 16.5. The molecule has 1 aliphatic rings. The zero-order valence-corrected chi connectivity index (χ0v) is 17.5. The fourth-order valence-electron chi connectivity index (χ4n) is 4.28. The molecule has 3 aromatic carbocycles. The molecule has 3 aromatic rings. The van der Waals surface area contributed by atoms with Crippen molar-refractivity contribution in [2.24, 2.45) is 0 Å². The lowest BCUT2D eigenvalue weighted by molar-refractivity contribution is 0.121. The van der Waals surface area contributed by atoms with Crippen molar-refractivity contribution >= 4 is 5.69 Å². The standard InChI is InChI=1S/C26H29NO/c1-17-11-13-21(14-12-17)24-22-15-23(27-16-20-9-7-6-8-10-20)18(2)19(3)25(22)28-26(24,4)5/h6-15,24,27H,16H2,1-5H3. The molecule has 0 radical (unpaired) electrons. The van der Waals surface area contributed by atoms with Crippen LogP contribution in [0.5, 0.6) is 5.75 Å².